The summed E-state index contributed by atoms with van der Waals surface area (Å²) in [4.78, 5) is 31.1. The van der Waals surface area contributed by atoms with Gasteiger partial charge in [-0.3, -0.25) is 5.32 Å². The minimum Gasteiger partial charge on any atom is -0.421 e. The molecule has 1 aliphatic carbocycles. The van der Waals surface area contributed by atoms with Gasteiger partial charge < -0.3 is 9.57 Å². The van der Waals surface area contributed by atoms with Crippen molar-refractivity contribution in [2.75, 3.05) is 5.32 Å². The number of nitrogens with one attached hydrogen (secondary N) is 1. The molecule has 4 rings (SSSR count). The van der Waals surface area contributed by atoms with Crippen LogP contribution in [0.1, 0.15) is 43.2 Å². The quantitative estimate of drug-likeness (QED) is 0.485. The maximum atomic E-state index is 12.8. The van der Waals surface area contributed by atoms with E-state index in [1.165, 1.54) is 30.3 Å². The van der Waals surface area contributed by atoms with Crippen molar-refractivity contribution in [1.82, 2.24) is 10.2 Å². The van der Waals surface area contributed by atoms with Crippen LogP contribution in [0.2, 0.25) is 0 Å². The Bertz CT molecular complexity index is 1130. The fraction of sp³-hybridized carbons (Fsp3) is 0.348. The molecule has 8 nitrogen and oxygen atoms in total. The highest BCUT2D eigenvalue weighted by Crippen LogP contribution is 2.42. The minimum absolute atomic E-state index is 0.0149. The maximum absolute atomic E-state index is 12.8. The standard InChI is InChI=1S/C23H21F3N4O4S/c24-23(25,26)35-19-9-7-16(8-10-19)15-29-21(32)33-22(11-2-1-3-12-22)30(29)34-20(31)28-18-6-4-5-17(13-18)14-27/h4-10,13H,1-3,11-12,15H2,(H,28,31). The zero-order valence-corrected chi connectivity index (χ0v) is 19.2. The number of nitrogens with zero attached hydrogens (tertiary/aromatic N) is 3. The summed E-state index contributed by atoms with van der Waals surface area (Å²) in [5.41, 5.74) is -4.36. The highest BCUT2D eigenvalue weighted by molar-refractivity contribution is 8.00. The molecule has 1 spiro atoms. The van der Waals surface area contributed by atoms with Crippen LogP contribution in [0.3, 0.4) is 0 Å². The van der Waals surface area contributed by atoms with Gasteiger partial charge in [-0.2, -0.15) is 23.4 Å². The van der Waals surface area contributed by atoms with E-state index in [9.17, 15) is 22.8 Å². The molecular weight excluding hydrogens is 485 g/mol. The number of hydroxylamine groups is 1. The topological polar surface area (TPSA) is 94.9 Å². The largest absolute Gasteiger partial charge is 0.446 e. The number of benzene rings is 2. The van der Waals surface area contributed by atoms with Gasteiger partial charge in [-0.05, 0) is 60.5 Å². The average molecular weight is 507 g/mol. The number of anilines is 1. The summed E-state index contributed by atoms with van der Waals surface area (Å²) in [5.74, 6) is 0. The molecular formula is C23H21F3N4O4S. The lowest BCUT2D eigenvalue weighted by Gasteiger charge is -2.37. The van der Waals surface area contributed by atoms with Crippen LogP contribution in [0, 0.1) is 11.3 Å². The van der Waals surface area contributed by atoms with E-state index < -0.39 is 23.4 Å². The number of ether oxygens (including phenoxy) is 1. The molecule has 2 fully saturated rings. The number of thioether (sulfide) groups is 1. The van der Waals surface area contributed by atoms with Crippen LogP contribution in [0.4, 0.5) is 28.4 Å². The lowest BCUT2D eigenvalue weighted by Crippen LogP contribution is -2.52. The zero-order chi connectivity index (χ0) is 25.1. The molecule has 184 valence electrons. The summed E-state index contributed by atoms with van der Waals surface area (Å²) in [6.45, 7) is -0.0747. The van der Waals surface area contributed by atoms with Gasteiger partial charge in [0, 0.05) is 28.6 Å². The van der Waals surface area contributed by atoms with E-state index in [1.54, 1.807) is 18.2 Å². The van der Waals surface area contributed by atoms with Crippen LogP contribution >= 0.6 is 11.8 Å². The molecule has 1 saturated carbocycles. The van der Waals surface area contributed by atoms with Crippen LogP contribution in [0.15, 0.2) is 53.4 Å². The fourth-order valence-electron chi connectivity index (χ4n) is 4.06. The van der Waals surface area contributed by atoms with Crippen molar-refractivity contribution in [3.05, 3.63) is 59.7 Å². The van der Waals surface area contributed by atoms with Gasteiger partial charge in [-0.25, -0.2) is 9.59 Å². The van der Waals surface area contributed by atoms with Gasteiger partial charge in [0.1, 0.15) is 0 Å². The first kappa shape index (κ1) is 24.7. The third-order valence-electron chi connectivity index (χ3n) is 5.59. The van der Waals surface area contributed by atoms with E-state index >= 15 is 0 Å². The van der Waals surface area contributed by atoms with E-state index in [1.807, 2.05) is 6.07 Å². The first-order valence-corrected chi connectivity index (χ1v) is 11.6. The normalized spacial score (nSPS) is 17.7. The third-order valence-corrected chi connectivity index (χ3v) is 6.33. The second-order valence-corrected chi connectivity index (χ2v) is 9.23. The smallest absolute Gasteiger partial charge is 0.421 e. The Kier molecular flexibility index (Phi) is 7.09. The van der Waals surface area contributed by atoms with E-state index in [0.717, 1.165) is 29.4 Å². The van der Waals surface area contributed by atoms with E-state index in [0.29, 0.717) is 29.7 Å². The lowest BCUT2D eigenvalue weighted by molar-refractivity contribution is -0.298. The summed E-state index contributed by atoms with van der Waals surface area (Å²) in [6, 6.07) is 13.8. The number of amides is 2. The lowest BCUT2D eigenvalue weighted by atomic mass is 9.92. The number of hydrogen-bond donors (Lipinski definition) is 1. The third kappa shape index (κ3) is 5.98. The zero-order valence-electron chi connectivity index (χ0n) is 18.4. The van der Waals surface area contributed by atoms with Crippen LogP contribution < -0.4 is 5.32 Å². The molecule has 0 atom stereocenters. The number of alkyl halides is 3. The van der Waals surface area contributed by atoms with E-state index in [-0.39, 0.29) is 23.2 Å². The van der Waals surface area contributed by atoms with Crippen LogP contribution in [0.25, 0.3) is 0 Å². The van der Waals surface area contributed by atoms with Gasteiger partial charge in [0.15, 0.2) is 0 Å². The monoisotopic (exact) mass is 506 g/mol. The molecule has 2 aromatic rings. The summed E-state index contributed by atoms with van der Waals surface area (Å²) in [6.07, 6.45) is 1.76. The van der Waals surface area contributed by atoms with Crippen LogP contribution in [0.5, 0.6) is 0 Å². The van der Waals surface area contributed by atoms with E-state index in [2.05, 4.69) is 5.32 Å². The van der Waals surface area contributed by atoms with Crippen LogP contribution in [-0.2, 0) is 16.1 Å². The first-order chi connectivity index (χ1) is 16.7. The molecule has 2 aromatic carbocycles. The average Bonchev–Trinajstić information content (AvgIpc) is 3.04. The highest BCUT2D eigenvalue weighted by atomic mass is 32.2. The Labute approximate surface area is 203 Å². The molecule has 1 N–H and O–H groups in total. The Hall–Kier alpha value is -3.43. The first-order valence-electron chi connectivity index (χ1n) is 10.8. The van der Waals surface area contributed by atoms with Gasteiger partial charge in [0.2, 0.25) is 5.72 Å². The number of carbonyl (C=O) groups excluding carboxylic acids is 2. The number of hydrazine groups is 1. The second kappa shape index (κ2) is 10.1. The highest BCUT2D eigenvalue weighted by Gasteiger charge is 2.55. The van der Waals surface area contributed by atoms with Crippen molar-refractivity contribution in [1.29, 1.82) is 5.26 Å². The summed E-state index contributed by atoms with van der Waals surface area (Å²) < 4.78 is 43.5. The van der Waals surface area contributed by atoms with Crippen molar-refractivity contribution in [2.24, 2.45) is 0 Å². The van der Waals surface area contributed by atoms with Gasteiger partial charge in [-0.15, -0.1) is 0 Å². The molecule has 2 aliphatic rings. The number of carbonyl (C=O) groups is 2. The number of rotatable bonds is 5. The molecule has 12 heteroatoms. The molecule has 1 aliphatic heterocycles. The molecule has 2 amide bonds. The molecule has 1 saturated heterocycles. The SMILES string of the molecule is N#Cc1cccc(NC(=O)ON2N(Cc3ccc(SC(F)(F)F)cc3)C(=O)OC23CCCCC3)c1. The maximum Gasteiger partial charge on any atom is 0.446 e. The van der Waals surface area contributed by atoms with E-state index in [4.69, 9.17) is 14.8 Å². The van der Waals surface area contributed by atoms with Crippen molar-refractivity contribution < 1.29 is 32.3 Å². The van der Waals surface area contributed by atoms with Crippen molar-refractivity contribution in [2.45, 2.75) is 54.8 Å². The predicted octanol–water partition coefficient (Wildman–Crippen LogP) is 6.16. The van der Waals surface area contributed by atoms with Crippen molar-refractivity contribution in [3.8, 4) is 6.07 Å². The molecule has 35 heavy (non-hydrogen) atoms. The summed E-state index contributed by atoms with van der Waals surface area (Å²) in [5, 5.41) is 13.8. The number of halogens is 3. The van der Waals surface area contributed by atoms with Gasteiger partial charge in [0.05, 0.1) is 18.2 Å². The Morgan fingerprint density at radius 3 is 2.54 bits per heavy atom. The van der Waals surface area contributed by atoms with Gasteiger partial charge >= 0.3 is 17.7 Å². The van der Waals surface area contributed by atoms with Crippen molar-refractivity contribution in [3.63, 3.8) is 0 Å². The Morgan fingerprint density at radius 2 is 1.89 bits per heavy atom. The van der Waals surface area contributed by atoms with Gasteiger partial charge in [-0.1, -0.05) is 24.6 Å². The molecule has 0 aromatic heterocycles. The minimum atomic E-state index is -4.40. The van der Waals surface area contributed by atoms with Crippen LogP contribution in [-0.4, -0.2) is 33.6 Å². The summed E-state index contributed by atoms with van der Waals surface area (Å²) in [7, 11) is 0. The van der Waals surface area contributed by atoms with Gasteiger partial charge in [0.25, 0.3) is 0 Å². The Balaban J connectivity index is 1.52. The Morgan fingerprint density at radius 1 is 1.17 bits per heavy atom. The van der Waals surface area contributed by atoms with Crippen molar-refractivity contribution >= 4 is 29.6 Å². The summed E-state index contributed by atoms with van der Waals surface area (Å²) >= 11 is -0.231. The number of nitriles is 1. The molecule has 0 unspecified atom stereocenters. The predicted molar refractivity (Wildman–Crippen MR) is 119 cm³/mol. The molecule has 1 heterocycles. The fourth-order valence-corrected chi connectivity index (χ4v) is 4.60. The molecule has 0 radical (unpaired) electrons. The second-order valence-electron chi connectivity index (χ2n) is 8.09. The number of hydrogen-bond acceptors (Lipinski definition) is 7. The molecule has 0 bridgehead atoms.